The lowest BCUT2D eigenvalue weighted by Gasteiger charge is -2.16. The number of rotatable bonds is 4. The summed E-state index contributed by atoms with van der Waals surface area (Å²) in [5, 5.41) is 6.61. The maximum absolute atomic E-state index is 3.95. The van der Waals surface area contributed by atoms with Crippen molar-refractivity contribution >= 4 is 0 Å². The van der Waals surface area contributed by atoms with Crippen molar-refractivity contribution in [2.75, 3.05) is 6.54 Å². The van der Waals surface area contributed by atoms with E-state index in [-0.39, 0.29) is 0 Å². The van der Waals surface area contributed by atoms with E-state index in [9.17, 15) is 0 Å². The van der Waals surface area contributed by atoms with Crippen molar-refractivity contribution in [3.63, 3.8) is 0 Å². The molecule has 2 N–H and O–H groups in total. The van der Waals surface area contributed by atoms with Gasteiger partial charge in [0.15, 0.2) is 0 Å². The minimum absolute atomic E-state index is 0.508. The lowest BCUT2D eigenvalue weighted by Crippen LogP contribution is -2.34. The van der Waals surface area contributed by atoms with E-state index in [1.165, 1.54) is 11.1 Å². The molecule has 0 fully saturated rings. The Morgan fingerprint density at radius 3 is 2.47 bits per heavy atom. The van der Waals surface area contributed by atoms with Gasteiger partial charge in [0.05, 0.1) is 5.82 Å². The van der Waals surface area contributed by atoms with Crippen LogP contribution in [0.1, 0.15) is 18.1 Å². The molecule has 2 rings (SSSR count). The van der Waals surface area contributed by atoms with Crippen molar-refractivity contribution in [3.05, 3.63) is 47.8 Å². The summed E-state index contributed by atoms with van der Waals surface area (Å²) in [6, 6.07) is 9.16. The van der Waals surface area contributed by atoms with E-state index >= 15 is 0 Å². The molecule has 0 spiro atoms. The molecule has 1 aliphatic carbocycles. The molecule has 1 aliphatic rings. The summed E-state index contributed by atoms with van der Waals surface area (Å²) in [5.41, 5.74) is 2.94. The highest BCUT2D eigenvalue weighted by atomic mass is 15.1. The Kier molecular flexibility index (Phi) is 2.95. The first-order valence-corrected chi connectivity index (χ1v) is 5.55. The molecule has 80 valence electrons. The summed E-state index contributed by atoms with van der Waals surface area (Å²) >= 11 is 0. The van der Waals surface area contributed by atoms with Gasteiger partial charge in [-0.2, -0.15) is 0 Å². The van der Waals surface area contributed by atoms with Gasteiger partial charge in [-0.25, -0.2) is 0 Å². The van der Waals surface area contributed by atoms with Gasteiger partial charge < -0.3 is 10.6 Å². The highest BCUT2D eigenvalue weighted by molar-refractivity contribution is 5.33. The van der Waals surface area contributed by atoms with Crippen LogP contribution in [0.4, 0.5) is 0 Å². The van der Waals surface area contributed by atoms with Crippen molar-refractivity contribution in [2.45, 2.75) is 25.8 Å². The molecule has 0 heterocycles. The van der Waals surface area contributed by atoms with E-state index in [1.54, 1.807) is 0 Å². The zero-order valence-electron chi connectivity index (χ0n) is 9.22. The molecule has 1 aromatic rings. The molecule has 0 saturated carbocycles. The van der Waals surface area contributed by atoms with Crippen LogP contribution >= 0.6 is 0 Å². The van der Waals surface area contributed by atoms with E-state index in [4.69, 9.17) is 0 Å². The summed E-state index contributed by atoms with van der Waals surface area (Å²) in [5.74, 6) is 0.940. The summed E-state index contributed by atoms with van der Waals surface area (Å²) < 4.78 is 0. The summed E-state index contributed by atoms with van der Waals surface area (Å²) in [6.07, 6.45) is 2.22. The summed E-state index contributed by atoms with van der Waals surface area (Å²) in [6.45, 7) is 6.95. The smallest absolute Gasteiger partial charge is 0.0914 e. The van der Waals surface area contributed by atoms with E-state index in [2.05, 4.69) is 48.4 Å². The third-order valence-corrected chi connectivity index (χ3v) is 2.82. The van der Waals surface area contributed by atoms with Gasteiger partial charge in [-0.1, -0.05) is 30.8 Å². The predicted octanol–water partition coefficient (Wildman–Crippen LogP) is 1.82. The number of nitrogens with one attached hydrogen (secondary N) is 2. The van der Waals surface area contributed by atoms with Gasteiger partial charge in [0.1, 0.15) is 0 Å². The summed E-state index contributed by atoms with van der Waals surface area (Å²) in [7, 11) is 0. The van der Waals surface area contributed by atoms with Crippen LogP contribution in [0.15, 0.2) is 36.7 Å². The molecule has 2 heteroatoms. The van der Waals surface area contributed by atoms with Crippen LogP contribution in [-0.4, -0.2) is 12.6 Å². The van der Waals surface area contributed by atoms with E-state index in [1.807, 2.05) is 0 Å². The molecule has 0 bridgehead atoms. The molecule has 0 aliphatic heterocycles. The van der Waals surface area contributed by atoms with Crippen molar-refractivity contribution in [2.24, 2.45) is 0 Å². The second-order valence-electron chi connectivity index (χ2n) is 4.03. The second kappa shape index (κ2) is 4.39. The summed E-state index contributed by atoms with van der Waals surface area (Å²) in [4.78, 5) is 0. The Labute approximate surface area is 91.4 Å². The Hall–Kier alpha value is -1.44. The van der Waals surface area contributed by atoms with Crippen LogP contribution in [0.25, 0.3) is 0 Å². The Morgan fingerprint density at radius 1 is 1.33 bits per heavy atom. The molecule has 15 heavy (non-hydrogen) atoms. The van der Waals surface area contributed by atoms with E-state index < -0.39 is 0 Å². The average Bonchev–Trinajstić information content (AvgIpc) is 2.59. The number of hydrogen-bond acceptors (Lipinski definition) is 2. The largest absolute Gasteiger partial charge is 0.373 e. The molecule has 2 nitrogen and oxygen atoms in total. The average molecular weight is 202 g/mol. The Morgan fingerprint density at radius 2 is 1.93 bits per heavy atom. The van der Waals surface area contributed by atoms with E-state index in [0.29, 0.717) is 6.04 Å². The minimum atomic E-state index is 0.508. The normalized spacial score (nSPS) is 14.7. The van der Waals surface area contributed by atoms with Crippen molar-refractivity contribution in [3.8, 4) is 0 Å². The molecule has 1 aromatic carbocycles. The van der Waals surface area contributed by atoms with Gasteiger partial charge >= 0.3 is 0 Å². The van der Waals surface area contributed by atoms with Gasteiger partial charge in [0, 0.05) is 12.6 Å². The fourth-order valence-corrected chi connectivity index (χ4v) is 2.17. The van der Waals surface area contributed by atoms with Gasteiger partial charge in [-0.3, -0.25) is 0 Å². The van der Waals surface area contributed by atoms with Crippen LogP contribution in [0.3, 0.4) is 0 Å². The molecule has 0 unspecified atom stereocenters. The lowest BCUT2D eigenvalue weighted by molar-refractivity contribution is 0.564. The molecule has 0 saturated heterocycles. The fourth-order valence-electron chi connectivity index (χ4n) is 2.17. The van der Waals surface area contributed by atoms with E-state index in [0.717, 1.165) is 25.2 Å². The quantitative estimate of drug-likeness (QED) is 0.778. The van der Waals surface area contributed by atoms with Crippen LogP contribution in [0.5, 0.6) is 0 Å². The zero-order chi connectivity index (χ0) is 10.7. The SMILES string of the molecule is C=C(NCC)NC1Cc2ccccc2C1. The van der Waals surface area contributed by atoms with Crippen molar-refractivity contribution in [1.29, 1.82) is 0 Å². The standard InChI is InChI=1S/C13H18N2/c1-3-14-10(2)15-13-8-11-6-4-5-7-12(11)9-13/h4-7,13-15H,2-3,8-9H2,1H3. The van der Waals surface area contributed by atoms with Crippen molar-refractivity contribution < 1.29 is 0 Å². The Balaban J connectivity index is 1.93. The first kappa shape index (κ1) is 10.1. The third-order valence-electron chi connectivity index (χ3n) is 2.82. The maximum atomic E-state index is 3.95. The van der Waals surface area contributed by atoms with Gasteiger partial charge in [-0.05, 0) is 30.9 Å². The topological polar surface area (TPSA) is 24.1 Å². The first-order valence-electron chi connectivity index (χ1n) is 5.55. The minimum Gasteiger partial charge on any atom is -0.373 e. The predicted molar refractivity (Wildman–Crippen MR) is 63.6 cm³/mol. The van der Waals surface area contributed by atoms with Crippen LogP contribution in [-0.2, 0) is 12.8 Å². The monoisotopic (exact) mass is 202 g/mol. The zero-order valence-corrected chi connectivity index (χ0v) is 9.22. The highest BCUT2D eigenvalue weighted by Crippen LogP contribution is 2.21. The third kappa shape index (κ3) is 2.32. The first-order chi connectivity index (χ1) is 7.29. The lowest BCUT2D eigenvalue weighted by atomic mass is 10.1. The molecule has 0 amide bonds. The molecular weight excluding hydrogens is 184 g/mol. The number of fused-ring (bicyclic) bond motifs is 1. The second-order valence-corrected chi connectivity index (χ2v) is 4.03. The molecule has 0 radical (unpaired) electrons. The van der Waals surface area contributed by atoms with Crippen LogP contribution in [0.2, 0.25) is 0 Å². The highest BCUT2D eigenvalue weighted by Gasteiger charge is 2.20. The number of benzene rings is 1. The van der Waals surface area contributed by atoms with Gasteiger partial charge in [0.25, 0.3) is 0 Å². The van der Waals surface area contributed by atoms with Crippen molar-refractivity contribution in [1.82, 2.24) is 10.6 Å². The Bertz CT molecular complexity index is 332. The van der Waals surface area contributed by atoms with Gasteiger partial charge in [0.2, 0.25) is 0 Å². The molecule has 0 atom stereocenters. The maximum Gasteiger partial charge on any atom is 0.0914 e. The van der Waals surface area contributed by atoms with Crippen LogP contribution in [0, 0.1) is 0 Å². The number of hydrogen-bond donors (Lipinski definition) is 2. The molecular formula is C13H18N2. The van der Waals surface area contributed by atoms with Crippen LogP contribution < -0.4 is 10.6 Å². The molecule has 0 aromatic heterocycles. The fraction of sp³-hybridized carbons (Fsp3) is 0.385. The van der Waals surface area contributed by atoms with Gasteiger partial charge in [-0.15, -0.1) is 0 Å².